The van der Waals surface area contributed by atoms with Gasteiger partial charge in [-0.25, -0.2) is 0 Å². The molecule has 6 heteroatoms. The van der Waals surface area contributed by atoms with E-state index in [0.717, 1.165) is 66.4 Å². The van der Waals surface area contributed by atoms with Crippen LogP contribution in [0.25, 0.3) is 83.9 Å². The minimum atomic E-state index is -3.61. The van der Waals surface area contributed by atoms with Crippen LogP contribution in [0.2, 0.25) is 0 Å². The number of hydrogen-bond donors (Lipinski definition) is 0. The maximum Gasteiger partial charge on any atom is -0.0438 e. The van der Waals surface area contributed by atoms with Gasteiger partial charge in [0.05, 0.1) is 11.6 Å². The molecule has 0 amide bonds. The zero-order chi connectivity index (χ0) is 46.9. The molecule has 10 aromatic carbocycles. The Balaban J connectivity index is 1.12. The average molecular weight is 955 g/mol. The summed E-state index contributed by atoms with van der Waals surface area (Å²) in [6, 6.07) is 95.1. The maximum absolute atomic E-state index is 9.51. The van der Waals surface area contributed by atoms with Gasteiger partial charge in [0, 0.05) is 0 Å². The van der Waals surface area contributed by atoms with E-state index in [9.17, 15) is 5.26 Å². The monoisotopic (exact) mass is 955 g/mol. The molecule has 0 spiro atoms. The second kappa shape index (κ2) is 18.3. The number of hydrogen-bond acceptors (Lipinski definition) is 4. The molecule has 2 heterocycles. The van der Waals surface area contributed by atoms with Gasteiger partial charge in [0.15, 0.2) is 0 Å². The van der Waals surface area contributed by atoms with Crippen molar-refractivity contribution in [2.24, 2.45) is 0 Å². The van der Waals surface area contributed by atoms with Crippen LogP contribution in [-0.2, 0) is 0 Å². The van der Waals surface area contributed by atoms with Crippen LogP contribution >= 0.6 is 0 Å². The van der Waals surface area contributed by atoms with Crippen LogP contribution in [0.4, 0.5) is 0 Å². The van der Waals surface area contributed by atoms with Gasteiger partial charge in [0.1, 0.15) is 0 Å². The number of para-hydroxylation sites is 1. The smallest absolute Gasteiger partial charge is 0.0438 e. The van der Waals surface area contributed by atoms with Gasteiger partial charge in [-0.1, -0.05) is 24.3 Å². The second-order valence-corrected chi connectivity index (χ2v) is 25.5. The van der Waals surface area contributed by atoms with Crippen LogP contribution in [0.1, 0.15) is 5.56 Å². The Hall–Kier alpha value is -8.96. The van der Waals surface area contributed by atoms with E-state index in [0.29, 0.717) is 23.0 Å². The van der Waals surface area contributed by atoms with Gasteiger partial charge in [-0.3, -0.25) is 0 Å². The SMILES string of the molecule is N#Cc1ccc(-c2ccc3c(c2)c2ccccc2n3-c2ccc(-c3ccc[c]([Ge]([c]4ccccc4)([c]4ccccc4)[c]4ccccc4)c3)cc2-c2nc(-c3ccccc3)nc(-c3ccccc3)n2)cc1. The standard InChI is InChI=1S/C64H43GeN5/c66-44-45-33-35-46(36-34-45)50-37-39-60-57(42-50)56-31-16-17-32-59(56)70(60)61-40-38-51(43-58(61)64-68-62(47-19-6-1-7-20-47)67-63(69-64)48-21-8-2-9-22-48)49-23-18-30-55(41-49)65(52-24-10-3-11-25-52,53-26-12-4-13-27-53)54-28-14-5-15-29-54/h1-43H. The van der Waals surface area contributed by atoms with Crippen molar-refractivity contribution in [1.82, 2.24) is 19.5 Å². The fourth-order valence-corrected chi connectivity index (χ4v) is 20.2. The van der Waals surface area contributed by atoms with Gasteiger partial charge in [0.2, 0.25) is 0 Å². The summed E-state index contributed by atoms with van der Waals surface area (Å²) in [5.41, 5.74) is 10.7. The molecule has 0 N–H and O–H groups in total. The van der Waals surface area contributed by atoms with Crippen molar-refractivity contribution in [2.45, 2.75) is 0 Å². The second-order valence-electron chi connectivity index (χ2n) is 17.5. The fourth-order valence-electron chi connectivity index (χ4n) is 10.2. The van der Waals surface area contributed by atoms with E-state index in [1.807, 2.05) is 60.7 Å². The van der Waals surface area contributed by atoms with E-state index in [2.05, 4.69) is 211 Å². The third kappa shape index (κ3) is 7.58. The van der Waals surface area contributed by atoms with E-state index in [1.165, 1.54) is 17.6 Å². The van der Waals surface area contributed by atoms with Crippen LogP contribution in [0.3, 0.4) is 0 Å². The minimum absolute atomic E-state index is 0.575. The van der Waals surface area contributed by atoms with Crippen molar-refractivity contribution in [2.75, 3.05) is 0 Å². The molecule has 0 saturated heterocycles. The number of aromatic nitrogens is 4. The predicted octanol–water partition coefficient (Wildman–Crippen LogP) is 12.6. The summed E-state index contributed by atoms with van der Waals surface area (Å²) in [7, 11) is 0. The Labute approximate surface area is 409 Å². The summed E-state index contributed by atoms with van der Waals surface area (Å²) in [5, 5.41) is 11.8. The van der Waals surface area contributed by atoms with Crippen molar-refractivity contribution in [3.63, 3.8) is 0 Å². The van der Waals surface area contributed by atoms with Crippen molar-refractivity contribution in [1.29, 1.82) is 5.26 Å². The molecule has 0 aliphatic heterocycles. The first-order valence-electron chi connectivity index (χ1n) is 23.5. The molecule has 0 unspecified atom stereocenters. The Kier molecular flexibility index (Phi) is 11.1. The van der Waals surface area contributed by atoms with Crippen molar-refractivity contribution >= 4 is 52.7 Å². The van der Waals surface area contributed by atoms with Crippen LogP contribution < -0.4 is 17.6 Å². The molecule has 0 aliphatic rings. The van der Waals surface area contributed by atoms with Gasteiger partial charge in [-0.15, -0.1) is 0 Å². The zero-order valence-electron chi connectivity index (χ0n) is 38.1. The molecule has 12 aromatic rings. The number of benzene rings is 10. The number of nitrogens with zero attached hydrogens (tertiary/aromatic N) is 5. The van der Waals surface area contributed by atoms with E-state index >= 15 is 0 Å². The van der Waals surface area contributed by atoms with Gasteiger partial charge in [-0.05, 0) is 17.7 Å². The topological polar surface area (TPSA) is 67.4 Å². The Morgan fingerprint density at radius 1 is 0.329 bits per heavy atom. The average Bonchev–Trinajstić information content (AvgIpc) is 3.78. The molecule has 0 fully saturated rings. The number of fused-ring (bicyclic) bond motifs is 3. The van der Waals surface area contributed by atoms with Crippen LogP contribution in [-0.4, -0.2) is 32.8 Å². The Bertz CT molecular complexity index is 3720. The van der Waals surface area contributed by atoms with E-state index in [-0.39, 0.29) is 0 Å². The summed E-state index contributed by atoms with van der Waals surface area (Å²) >= 11 is -3.61. The molecule has 0 saturated carbocycles. The van der Waals surface area contributed by atoms with Gasteiger partial charge >= 0.3 is 353 Å². The molecule has 0 atom stereocenters. The summed E-state index contributed by atoms with van der Waals surface area (Å²) < 4.78 is 7.80. The third-order valence-corrected chi connectivity index (χ3v) is 23.5. The largest absolute Gasteiger partial charge is 0.0531 e. The quantitative estimate of drug-likeness (QED) is 0.128. The molecule has 0 bridgehead atoms. The molecular weight excluding hydrogens is 911 g/mol. The maximum atomic E-state index is 9.51. The van der Waals surface area contributed by atoms with Gasteiger partial charge < -0.3 is 0 Å². The molecule has 70 heavy (non-hydrogen) atoms. The van der Waals surface area contributed by atoms with Gasteiger partial charge in [0.25, 0.3) is 0 Å². The van der Waals surface area contributed by atoms with Crippen molar-refractivity contribution < 1.29 is 0 Å². The molecular formula is C64H43GeN5. The normalized spacial score (nSPS) is 11.4. The number of rotatable bonds is 10. The molecule has 0 radical (unpaired) electrons. The van der Waals surface area contributed by atoms with Crippen LogP contribution in [0.15, 0.2) is 261 Å². The summed E-state index contributed by atoms with van der Waals surface area (Å²) in [6.07, 6.45) is 0. The van der Waals surface area contributed by atoms with Crippen LogP contribution in [0, 0.1) is 11.3 Å². The minimum Gasteiger partial charge on any atom is -0.0531 e. The molecule has 12 rings (SSSR count). The zero-order valence-corrected chi connectivity index (χ0v) is 40.2. The summed E-state index contributed by atoms with van der Waals surface area (Å²) in [4.78, 5) is 15.8. The van der Waals surface area contributed by atoms with Crippen molar-refractivity contribution in [3.05, 3.63) is 266 Å². The first-order valence-corrected chi connectivity index (χ1v) is 27.7. The molecule has 328 valence electrons. The van der Waals surface area contributed by atoms with E-state index in [4.69, 9.17) is 15.0 Å². The Morgan fingerprint density at radius 2 is 0.771 bits per heavy atom. The molecule has 2 aromatic heterocycles. The molecule has 0 aliphatic carbocycles. The van der Waals surface area contributed by atoms with E-state index < -0.39 is 13.3 Å². The van der Waals surface area contributed by atoms with Gasteiger partial charge in [-0.2, -0.15) is 5.26 Å². The van der Waals surface area contributed by atoms with Crippen molar-refractivity contribution in [3.8, 4) is 68.2 Å². The first kappa shape index (κ1) is 42.4. The summed E-state index contributed by atoms with van der Waals surface area (Å²) in [6.45, 7) is 0. The molecule has 5 nitrogen and oxygen atoms in total. The fraction of sp³-hybridized carbons (Fsp3) is 0. The first-order chi connectivity index (χ1) is 34.7. The van der Waals surface area contributed by atoms with E-state index in [1.54, 1.807) is 0 Å². The van der Waals surface area contributed by atoms with Crippen LogP contribution in [0.5, 0.6) is 0 Å². The summed E-state index contributed by atoms with van der Waals surface area (Å²) in [5.74, 6) is 1.78. The number of nitriles is 1. The predicted molar refractivity (Wildman–Crippen MR) is 290 cm³/mol. The Morgan fingerprint density at radius 3 is 1.36 bits per heavy atom. The third-order valence-electron chi connectivity index (χ3n) is 13.4.